The maximum Gasteiger partial charge on any atom is 0.416 e. The van der Waals surface area contributed by atoms with Gasteiger partial charge in [0, 0.05) is 35.0 Å². The number of thiocarbonyl (C=S) groups is 1. The lowest BCUT2D eigenvalue weighted by atomic mass is 9.99. The van der Waals surface area contributed by atoms with Gasteiger partial charge in [0.15, 0.2) is 0 Å². The van der Waals surface area contributed by atoms with Crippen LogP contribution in [0.25, 0.3) is 23.3 Å². The van der Waals surface area contributed by atoms with Crippen LogP contribution in [0.3, 0.4) is 0 Å². The summed E-state index contributed by atoms with van der Waals surface area (Å²) in [5, 5.41) is 2.47. The SMILES string of the molecule is O=C1NC(=S)SC1=Cc1cc(-c2cc(C(F)(F)F)cc(C(F)(F)F)c2)c(C=CCN2CCOCC2)s1. The molecule has 0 aliphatic carbocycles. The second kappa shape index (κ2) is 10.7. The summed E-state index contributed by atoms with van der Waals surface area (Å²) in [4.78, 5) is 15.4. The van der Waals surface area contributed by atoms with E-state index in [-0.39, 0.29) is 26.4 Å². The van der Waals surface area contributed by atoms with E-state index in [1.807, 2.05) is 6.08 Å². The van der Waals surface area contributed by atoms with Crippen LogP contribution in [0, 0.1) is 0 Å². The van der Waals surface area contributed by atoms with Crippen LogP contribution in [-0.2, 0) is 21.9 Å². The normalized spacial score (nSPS) is 19.0. The van der Waals surface area contributed by atoms with Crippen LogP contribution in [0.5, 0.6) is 0 Å². The first-order chi connectivity index (χ1) is 16.9. The molecule has 13 heteroatoms. The average Bonchev–Trinajstić information content (AvgIpc) is 3.35. The highest BCUT2D eigenvalue weighted by Gasteiger charge is 2.37. The van der Waals surface area contributed by atoms with Crippen LogP contribution in [0.15, 0.2) is 35.2 Å². The van der Waals surface area contributed by atoms with Crippen molar-refractivity contribution in [1.29, 1.82) is 0 Å². The molecule has 36 heavy (non-hydrogen) atoms. The van der Waals surface area contributed by atoms with Gasteiger partial charge in [0.05, 0.1) is 29.2 Å². The smallest absolute Gasteiger partial charge is 0.379 e. The van der Waals surface area contributed by atoms with Crippen molar-refractivity contribution in [3.05, 3.63) is 56.1 Å². The lowest BCUT2D eigenvalue weighted by Crippen LogP contribution is -2.36. The molecular weight excluding hydrogens is 546 g/mol. The topological polar surface area (TPSA) is 41.6 Å². The number of thioether (sulfide) groups is 1. The number of morpholine rings is 1. The van der Waals surface area contributed by atoms with Crippen LogP contribution in [0.1, 0.15) is 20.9 Å². The Kier molecular flexibility index (Phi) is 7.95. The summed E-state index contributed by atoms with van der Waals surface area (Å²) in [6.45, 7) is 3.14. The van der Waals surface area contributed by atoms with Gasteiger partial charge in [0.25, 0.3) is 5.91 Å². The summed E-state index contributed by atoms with van der Waals surface area (Å²) in [6, 6.07) is 3.00. The number of nitrogens with one attached hydrogen (secondary N) is 1. The summed E-state index contributed by atoms with van der Waals surface area (Å²) in [6.07, 6.45) is -4.92. The van der Waals surface area contributed by atoms with Crippen molar-refractivity contribution in [2.75, 3.05) is 32.8 Å². The van der Waals surface area contributed by atoms with Crippen LogP contribution in [-0.4, -0.2) is 48.0 Å². The molecule has 4 rings (SSSR count). The number of amides is 1. The molecule has 0 unspecified atom stereocenters. The predicted molar refractivity (Wildman–Crippen MR) is 132 cm³/mol. The summed E-state index contributed by atoms with van der Waals surface area (Å²) >= 11 is 7.15. The Labute approximate surface area is 216 Å². The first-order valence-electron chi connectivity index (χ1n) is 10.6. The second-order valence-electron chi connectivity index (χ2n) is 7.89. The van der Waals surface area contributed by atoms with Crippen LogP contribution < -0.4 is 5.32 Å². The Morgan fingerprint density at radius 2 is 1.67 bits per heavy atom. The van der Waals surface area contributed by atoms with E-state index in [0.29, 0.717) is 54.7 Å². The number of benzene rings is 1. The molecule has 4 nitrogen and oxygen atoms in total. The van der Waals surface area contributed by atoms with Crippen molar-refractivity contribution in [1.82, 2.24) is 10.2 Å². The van der Waals surface area contributed by atoms with Gasteiger partial charge >= 0.3 is 12.4 Å². The minimum absolute atomic E-state index is 0.104. The molecule has 2 aliphatic heterocycles. The highest BCUT2D eigenvalue weighted by molar-refractivity contribution is 8.26. The number of nitrogens with zero attached hydrogens (tertiary/aromatic N) is 1. The molecule has 3 heterocycles. The van der Waals surface area contributed by atoms with Crippen molar-refractivity contribution in [2.45, 2.75) is 12.4 Å². The number of halogens is 6. The van der Waals surface area contributed by atoms with E-state index >= 15 is 0 Å². The summed E-state index contributed by atoms with van der Waals surface area (Å²) in [5.74, 6) is -0.414. The fourth-order valence-corrected chi connectivity index (χ4v) is 5.77. The number of ether oxygens (including phenoxy) is 1. The van der Waals surface area contributed by atoms with Gasteiger partial charge in [-0.1, -0.05) is 30.1 Å². The van der Waals surface area contributed by atoms with Gasteiger partial charge in [0.1, 0.15) is 4.32 Å². The first kappa shape index (κ1) is 26.9. The van der Waals surface area contributed by atoms with E-state index in [9.17, 15) is 31.1 Å². The molecule has 0 saturated carbocycles. The van der Waals surface area contributed by atoms with Crippen molar-refractivity contribution >= 4 is 57.7 Å². The maximum atomic E-state index is 13.5. The number of hydrogen-bond donors (Lipinski definition) is 1. The third-order valence-corrected chi connectivity index (χ3v) is 7.54. The highest BCUT2D eigenvalue weighted by Crippen LogP contribution is 2.42. The third kappa shape index (κ3) is 6.57. The molecule has 2 aliphatic rings. The molecule has 2 fully saturated rings. The fraction of sp³-hybridized carbons (Fsp3) is 0.304. The second-order valence-corrected chi connectivity index (χ2v) is 10.7. The van der Waals surface area contributed by atoms with Crippen LogP contribution in [0.2, 0.25) is 0 Å². The van der Waals surface area contributed by atoms with Gasteiger partial charge in [-0.3, -0.25) is 9.69 Å². The Hall–Kier alpha value is -2.19. The largest absolute Gasteiger partial charge is 0.416 e. The van der Waals surface area contributed by atoms with Crippen molar-refractivity contribution in [3.8, 4) is 11.1 Å². The first-order valence-corrected chi connectivity index (χ1v) is 12.6. The maximum absolute atomic E-state index is 13.5. The van der Waals surface area contributed by atoms with E-state index in [1.165, 1.54) is 12.1 Å². The standard InChI is InChI=1S/C23H18F6N2O2S3/c24-22(25,26)14-8-13(9-15(10-14)23(27,28)29)17-11-16(12-19-20(32)30-21(34)36-19)35-18(17)2-1-3-31-4-6-33-7-5-31/h1-2,8-12H,3-7H2,(H,30,32,34). The molecule has 192 valence electrons. The van der Waals surface area contributed by atoms with Crippen molar-refractivity contribution in [3.63, 3.8) is 0 Å². The molecule has 1 aromatic heterocycles. The molecule has 1 aromatic carbocycles. The van der Waals surface area contributed by atoms with Gasteiger partial charge in [0.2, 0.25) is 0 Å². The van der Waals surface area contributed by atoms with Gasteiger partial charge in [-0.25, -0.2) is 0 Å². The van der Waals surface area contributed by atoms with Gasteiger partial charge in [-0.15, -0.1) is 11.3 Å². The molecule has 1 amide bonds. The van der Waals surface area contributed by atoms with Gasteiger partial charge in [-0.2, -0.15) is 26.3 Å². The van der Waals surface area contributed by atoms with E-state index in [4.69, 9.17) is 17.0 Å². The molecule has 1 N–H and O–H groups in total. The zero-order valence-electron chi connectivity index (χ0n) is 18.3. The lowest BCUT2D eigenvalue weighted by Gasteiger charge is -2.25. The summed E-state index contributed by atoms with van der Waals surface area (Å²) in [7, 11) is 0. The Morgan fingerprint density at radius 1 is 1.03 bits per heavy atom. The molecule has 2 aromatic rings. The van der Waals surface area contributed by atoms with E-state index in [0.717, 1.165) is 23.1 Å². The number of rotatable bonds is 5. The Balaban J connectivity index is 1.77. The zero-order valence-corrected chi connectivity index (χ0v) is 20.8. The molecular formula is C23H18F6N2O2S3. The molecule has 0 bridgehead atoms. The van der Waals surface area contributed by atoms with Gasteiger partial charge < -0.3 is 10.1 Å². The fourth-order valence-electron chi connectivity index (χ4n) is 3.60. The van der Waals surface area contributed by atoms with Crippen molar-refractivity contribution < 1.29 is 35.9 Å². The highest BCUT2D eigenvalue weighted by atomic mass is 32.2. The third-order valence-electron chi connectivity index (χ3n) is 5.33. The number of alkyl halides is 6. The number of carbonyl (C=O) groups is 1. The molecule has 0 radical (unpaired) electrons. The lowest BCUT2D eigenvalue weighted by molar-refractivity contribution is -0.143. The zero-order chi connectivity index (χ0) is 26.1. The Morgan fingerprint density at radius 3 is 2.22 bits per heavy atom. The van der Waals surface area contributed by atoms with Crippen LogP contribution in [0.4, 0.5) is 26.3 Å². The molecule has 0 spiro atoms. The van der Waals surface area contributed by atoms with E-state index in [2.05, 4.69) is 10.2 Å². The van der Waals surface area contributed by atoms with Crippen LogP contribution >= 0.6 is 35.3 Å². The van der Waals surface area contributed by atoms with Gasteiger partial charge in [-0.05, 0) is 42.0 Å². The quantitative estimate of drug-likeness (QED) is 0.263. The van der Waals surface area contributed by atoms with Crippen molar-refractivity contribution in [2.24, 2.45) is 0 Å². The van der Waals surface area contributed by atoms with E-state index < -0.39 is 29.4 Å². The number of carbonyl (C=O) groups excluding carboxylic acids is 1. The average molecular weight is 565 g/mol. The monoisotopic (exact) mass is 564 g/mol. The molecule has 2 saturated heterocycles. The number of hydrogen-bond acceptors (Lipinski definition) is 6. The Bertz CT molecular complexity index is 1200. The summed E-state index contributed by atoms with van der Waals surface area (Å²) < 4.78 is 86.3. The minimum Gasteiger partial charge on any atom is -0.379 e. The minimum atomic E-state index is -4.96. The van der Waals surface area contributed by atoms with E-state index in [1.54, 1.807) is 6.08 Å². The molecule has 0 atom stereocenters. The number of thiophene rings is 1. The predicted octanol–water partition coefficient (Wildman–Crippen LogP) is 6.29. The summed E-state index contributed by atoms with van der Waals surface area (Å²) in [5.41, 5.74) is -2.80.